The molecule has 0 radical (unpaired) electrons. The van der Waals surface area contributed by atoms with Crippen molar-refractivity contribution in [3.63, 3.8) is 0 Å². The van der Waals surface area contributed by atoms with E-state index in [0.717, 1.165) is 6.42 Å². The Balaban J connectivity index is 2.67. The topological polar surface area (TPSA) is 29.1 Å². The highest BCUT2D eigenvalue weighted by Gasteiger charge is 2.17. The summed E-state index contributed by atoms with van der Waals surface area (Å²) in [5.41, 5.74) is 2.85. The lowest BCUT2D eigenvalue weighted by atomic mass is 9.86. The average Bonchev–Trinajstić information content (AvgIpc) is 2.23. The number of rotatable bonds is 4. The van der Waals surface area contributed by atoms with Crippen LogP contribution >= 0.6 is 0 Å². The van der Waals surface area contributed by atoms with Crippen LogP contribution in [0.25, 0.3) is 0 Å². The molecule has 20 heavy (non-hydrogen) atoms. The van der Waals surface area contributed by atoms with E-state index in [1.807, 2.05) is 6.07 Å². The van der Waals surface area contributed by atoms with Crippen molar-refractivity contribution >= 4 is 5.91 Å². The smallest absolute Gasteiger partial charge is 0.220 e. The molecule has 1 rings (SSSR count). The maximum atomic E-state index is 11.9. The molecule has 1 N–H and O–H groups in total. The number of hydrogen-bond acceptors (Lipinski definition) is 1. The second-order valence-electron chi connectivity index (χ2n) is 8.02. The molecule has 0 aliphatic rings. The summed E-state index contributed by atoms with van der Waals surface area (Å²) in [5.74, 6) is 0.128. The van der Waals surface area contributed by atoms with Gasteiger partial charge >= 0.3 is 0 Å². The van der Waals surface area contributed by atoms with Gasteiger partial charge in [0.25, 0.3) is 0 Å². The van der Waals surface area contributed by atoms with Crippen molar-refractivity contribution < 1.29 is 4.79 Å². The highest BCUT2D eigenvalue weighted by molar-refractivity contribution is 5.76. The SMILES string of the molecule is CC(C)(C)CC(=O)NCc1ccccc1CC(C)(C)C. The Bertz CT molecular complexity index is 449. The number of nitrogens with one attached hydrogen (secondary N) is 1. The Morgan fingerprint density at radius 1 is 0.950 bits per heavy atom. The van der Waals surface area contributed by atoms with Gasteiger partial charge < -0.3 is 5.32 Å². The van der Waals surface area contributed by atoms with Crippen molar-refractivity contribution in [3.05, 3.63) is 35.4 Å². The van der Waals surface area contributed by atoms with Crippen LogP contribution in [0.3, 0.4) is 0 Å². The van der Waals surface area contributed by atoms with Gasteiger partial charge in [0.2, 0.25) is 5.91 Å². The van der Waals surface area contributed by atoms with Gasteiger partial charge in [0, 0.05) is 13.0 Å². The second-order valence-corrected chi connectivity index (χ2v) is 8.02. The fourth-order valence-corrected chi connectivity index (χ4v) is 2.21. The van der Waals surface area contributed by atoms with E-state index in [0.29, 0.717) is 13.0 Å². The summed E-state index contributed by atoms with van der Waals surface area (Å²) in [5, 5.41) is 3.04. The molecular weight excluding hydrogens is 246 g/mol. The van der Waals surface area contributed by atoms with Gasteiger partial charge in [-0.05, 0) is 28.4 Å². The lowest BCUT2D eigenvalue weighted by Crippen LogP contribution is -2.27. The zero-order valence-electron chi connectivity index (χ0n) is 13.8. The Kier molecular flexibility index (Phi) is 5.38. The van der Waals surface area contributed by atoms with E-state index in [1.54, 1.807) is 0 Å². The zero-order valence-corrected chi connectivity index (χ0v) is 13.8. The standard InChI is InChI=1S/C18H29NO/c1-17(2,3)11-14-9-7-8-10-15(14)13-19-16(20)12-18(4,5)6/h7-10H,11-13H2,1-6H3,(H,19,20). The van der Waals surface area contributed by atoms with Crippen molar-refractivity contribution in [2.45, 2.75) is 60.9 Å². The largest absolute Gasteiger partial charge is 0.352 e. The zero-order chi connectivity index (χ0) is 15.4. The van der Waals surface area contributed by atoms with E-state index in [2.05, 4.69) is 65.1 Å². The number of carbonyl (C=O) groups excluding carboxylic acids is 1. The van der Waals surface area contributed by atoms with Crippen LogP contribution < -0.4 is 5.32 Å². The van der Waals surface area contributed by atoms with Crippen LogP contribution in [0.1, 0.15) is 59.1 Å². The molecule has 2 heteroatoms. The molecule has 1 aromatic carbocycles. The van der Waals surface area contributed by atoms with Gasteiger partial charge in [-0.25, -0.2) is 0 Å². The Morgan fingerprint density at radius 2 is 1.50 bits per heavy atom. The average molecular weight is 275 g/mol. The third-order valence-electron chi connectivity index (χ3n) is 3.01. The molecule has 0 fully saturated rings. The molecule has 0 atom stereocenters. The van der Waals surface area contributed by atoms with Gasteiger partial charge in [-0.15, -0.1) is 0 Å². The van der Waals surface area contributed by atoms with Crippen LogP contribution in [0.4, 0.5) is 0 Å². The first-order valence-electron chi connectivity index (χ1n) is 7.40. The Labute approximate surface area is 124 Å². The molecule has 0 saturated carbocycles. The monoisotopic (exact) mass is 275 g/mol. The predicted octanol–water partition coefficient (Wildman–Crippen LogP) is 4.33. The summed E-state index contributed by atoms with van der Waals surface area (Å²) in [6.45, 7) is 13.6. The summed E-state index contributed by atoms with van der Waals surface area (Å²) < 4.78 is 0. The number of amides is 1. The van der Waals surface area contributed by atoms with Crippen LogP contribution in [-0.2, 0) is 17.8 Å². The van der Waals surface area contributed by atoms with Crippen LogP contribution in [0.2, 0.25) is 0 Å². The molecule has 0 heterocycles. The molecule has 0 aliphatic heterocycles. The summed E-state index contributed by atoms with van der Waals surface area (Å²) >= 11 is 0. The summed E-state index contributed by atoms with van der Waals surface area (Å²) in [6.07, 6.45) is 1.59. The minimum absolute atomic E-state index is 0.0367. The van der Waals surface area contributed by atoms with Gasteiger partial charge in [-0.2, -0.15) is 0 Å². The minimum atomic E-state index is 0.0367. The van der Waals surface area contributed by atoms with E-state index < -0.39 is 0 Å². The molecule has 1 amide bonds. The molecule has 0 spiro atoms. The fourth-order valence-electron chi connectivity index (χ4n) is 2.21. The fraction of sp³-hybridized carbons (Fsp3) is 0.611. The first-order valence-corrected chi connectivity index (χ1v) is 7.40. The molecule has 1 aromatic rings. The van der Waals surface area contributed by atoms with Crippen molar-refractivity contribution in [1.29, 1.82) is 0 Å². The molecule has 0 aliphatic carbocycles. The van der Waals surface area contributed by atoms with Gasteiger partial charge in [-0.3, -0.25) is 4.79 Å². The van der Waals surface area contributed by atoms with Crippen molar-refractivity contribution in [1.82, 2.24) is 5.32 Å². The van der Waals surface area contributed by atoms with Crippen molar-refractivity contribution in [2.24, 2.45) is 10.8 Å². The van der Waals surface area contributed by atoms with Crippen molar-refractivity contribution in [3.8, 4) is 0 Å². The molecule has 0 bridgehead atoms. The van der Waals surface area contributed by atoms with E-state index in [9.17, 15) is 4.79 Å². The lowest BCUT2D eigenvalue weighted by molar-refractivity contribution is -0.122. The second kappa shape index (κ2) is 6.43. The lowest BCUT2D eigenvalue weighted by Gasteiger charge is -2.21. The molecular formula is C18H29NO. The van der Waals surface area contributed by atoms with Gasteiger partial charge in [0.1, 0.15) is 0 Å². The van der Waals surface area contributed by atoms with Crippen LogP contribution in [0.5, 0.6) is 0 Å². The van der Waals surface area contributed by atoms with Gasteiger partial charge in [0.05, 0.1) is 0 Å². The first-order chi connectivity index (χ1) is 9.07. The number of carbonyl (C=O) groups is 1. The Morgan fingerprint density at radius 3 is 2.00 bits per heavy atom. The van der Waals surface area contributed by atoms with E-state index >= 15 is 0 Å². The number of hydrogen-bond donors (Lipinski definition) is 1. The van der Waals surface area contributed by atoms with Crippen LogP contribution in [-0.4, -0.2) is 5.91 Å². The molecule has 112 valence electrons. The van der Waals surface area contributed by atoms with E-state index in [4.69, 9.17) is 0 Å². The highest BCUT2D eigenvalue weighted by Crippen LogP contribution is 2.23. The maximum absolute atomic E-state index is 11.9. The third kappa shape index (κ3) is 6.74. The summed E-state index contributed by atoms with van der Waals surface area (Å²) in [7, 11) is 0. The maximum Gasteiger partial charge on any atom is 0.220 e. The highest BCUT2D eigenvalue weighted by atomic mass is 16.1. The Hall–Kier alpha value is -1.31. The third-order valence-corrected chi connectivity index (χ3v) is 3.01. The molecule has 0 unspecified atom stereocenters. The minimum Gasteiger partial charge on any atom is -0.352 e. The van der Waals surface area contributed by atoms with Gasteiger partial charge in [-0.1, -0.05) is 65.8 Å². The van der Waals surface area contributed by atoms with E-state index in [1.165, 1.54) is 11.1 Å². The molecule has 2 nitrogen and oxygen atoms in total. The van der Waals surface area contributed by atoms with Crippen LogP contribution in [0, 0.1) is 10.8 Å². The summed E-state index contributed by atoms with van der Waals surface area (Å²) in [4.78, 5) is 11.9. The van der Waals surface area contributed by atoms with Gasteiger partial charge in [0.15, 0.2) is 0 Å². The van der Waals surface area contributed by atoms with Crippen molar-refractivity contribution in [2.75, 3.05) is 0 Å². The molecule has 0 saturated heterocycles. The molecule has 0 aromatic heterocycles. The summed E-state index contributed by atoms with van der Waals surface area (Å²) in [6, 6.07) is 8.38. The van der Waals surface area contributed by atoms with Crippen LogP contribution in [0.15, 0.2) is 24.3 Å². The quantitative estimate of drug-likeness (QED) is 0.870. The first kappa shape index (κ1) is 16.7. The predicted molar refractivity (Wildman–Crippen MR) is 85.5 cm³/mol. The number of benzene rings is 1. The normalized spacial score (nSPS) is 12.3. The van der Waals surface area contributed by atoms with E-state index in [-0.39, 0.29) is 16.7 Å².